The number of carbonyl (C=O) groups excluding carboxylic acids is 1. The SMILES string of the molecule is N#Cc1ccccc1S(=O)(=O)N1CCN(C(=O)c2cc(Br)c[nH]2)CC1. The lowest BCUT2D eigenvalue weighted by atomic mass is 10.2. The van der Waals surface area contributed by atoms with Crippen LogP contribution in [0.1, 0.15) is 16.1 Å². The second-order valence-corrected chi connectivity index (χ2v) is 8.36. The molecule has 1 aliphatic heterocycles. The second kappa shape index (κ2) is 7.00. The molecule has 0 radical (unpaired) electrons. The lowest BCUT2D eigenvalue weighted by molar-refractivity contribution is 0.0692. The Morgan fingerprint density at radius 3 is 2.48 bits per heavy atom. The molecule has 0 bridgehead atoms. The molecule has 9 heteroatoms. The van der Waals surface area contributed by atoms with Gasteiger partial charge in [0.25, 0.3) is 5.91 Å². The van der Waals surface area contributed by atoms with E-state index in [0.29, 0.717) is 18.8 Å². The molecule has 130 valence electrons. The number of hydrogen-bond donors (Lipinski definition) is 1. The van der Waals surface area contributed by atoms with Crippen LogP contribution in [0.5, 0.6) is 0 Å². The van der Waals surface area contributed by atoms with Crippen LogP contribution in [0, 0.1) is 11.3 Å². The molecule has 3 rings (SSSR count). The van der Waals surface area contributed by atoms with E-state index in [1.165, 1.54) is 16.4 Å². The van der Waals surface area contributed by atoms with Gasteiger partial charge in [-0.2, -0.15) is 9.57 Å². The summed E-state index contributed by atoms with van der Waals surface area (Å²) >= 11 is 3.28. The quantitative estimate of drug-likeness (QED) is 0.814. The molecule has 1 aromatic heterocycles. The number of nitrogens with one attached hydrogen (secondary N) is 1. The largest absolute Gasteiger partial charge is 0.356 e. The van der Waals surface area contributed by atoms with E-state index in [-0.39, 0.29) is 29.5 Å². The zero-order valence-corrected chi connectivity index (χ0v) is 15.5. The van der Waals surface area contributed by atoms with Crippen LogP contribution in [0.4, 0.5) is 0 Å². The first-order valence-corrected chi connectivity index (χ1v) is 9.79. The van der Waals surface area contributed by atoms with Crippen molar-refractivity contribution >= 4 is 31.9 Å². The summed E-state index contributed by atoms with van der Waals surface area (Å²) in [7, 11) is -3.76. The van der Waals surface area contributed by atoms with Crippen molar-refractivity contribution in [2.75, 3.05) is 26.2 Å². The number of aromatic amines is 1. The predicted octanol–water partition coefficient (Wildman–Crippen LogP) is 1.80. The van der Waals surface area contributed by atoms with Gasteiger partial charge in [-0.1, -0.05) is 12.1 Å². The molecular weight excluding hydrogens is 408 g/mol. The van der Waals surface area contributed by atoms with E-state index in [1.807, 2.05) is 6.07 Å². The first kappa shape index (κ1) is 17.7. The van der Waals surface area contributed by atoms with Crippen LogP contribution in [0.3, 0.4) is 0 Å². The monoisotopic (exact) mass is 422 g/mol. The van der Waals surface area contributed by atoms with Gasteiger partial charge in [0.2, 0.25) is 10.0 Å². The van der Waals surface area contributed by atoms with Gasteiger partial charge in [0.05, 0.1) is 10.5 Å². The minimum absolute atomic E-state index is 0.00516. The Morgan fingerprint density at radius 2 is 1.88 bits per heavy atom. The Bertz CT molecular complexity index is 940. The van der Waals surface area contributed by atoms with E-state index in [1.54, 1.807) is 29.3 Å². The van der Waals surface area contributed by atoms with E-state index in [2.05, 4.69) is 20.9 Å². The van der Waals surface area contributed by atoms with Gasteiger partial charge < -0.3 is 9.88 Å². The van der Waals surface area contributed by atoms with Gasteiger partial charge in [-0.15, -0.1) is 0 Å². The van der Waals surface area contributed by atoms with Gasteiger partial charge in [-0.25, -0.2) is 8.42 Å². The second-order valence-electron chi connectivity index (χ2n) is 5.54. The standard InChI is InChI=1S/C16H15BrN4O3S/c17-13-9-14(19-11-13)16(22)20-5-7-21(8-6-20)25(23,24)15-4-2-1-3-12(15)10-18/h1-4,9,11,19H,5-8H2. The number of piperazine rings is 1. The topological polar surface area (TPSA) is 97.3 Å². The molecule has 0 atom stereocenters. The maximum absolute atomic E-state index is 12.8. The third-order valence-electron chi connectivity index (χ3n) is 4.03. The van der Waals surface area contributed by atoms with Crippen molar-refractivity contribution in [1.29, 1.82) is 5.26 Å². The summed E-state index contributed by atoms with van der Waals surface area (Å²) in [6.45, 7) is 0.971. The van der Waals surface area contributed by atoms with E-state index in [4.69, 9.17) is 5.26 Å². The molecule has 0 unspecified atom stereocenters. The molecule has 1 aromatic carbocycles. The van der Waals surface area contributed by atoms with Crippen LogP contribution in [0.2, 0.25) is 0 Å². The number of benzene rings is 1. The van der Waals surface area contributed by atoms with Gasteiger partial charge in [-0.3, -0.25) is 4.79 Å². The Balaban J connectivity index is 1.74. The molecule has 1 fully saturated rings. The fourth-order valence-electron chi connectivity index (χ4n) is 2.72. The van der Waals surface area contributed by atoms with Crippen LogP contribution in [0.25, 0.3) is 0 Å². The molecule has 1 saturated heterocycles. The van der Waals surface area contributed by atoms with Gasteiger partial charge in [0.1, 0.15) is 11.8 Å². The van der Waals surface area contributed by atoms with Crippen molar-refractivity contribution in [1.82, 2.24) is 14.2 Å². The van der Waals surface area contributed by atoms with E-state index in [0.717, 1.165) is 4.47 Å². The highest BCUT2D eigenvalue weighted by atomic mass is 79.9. The smallest absolute Gasteiger partial charge is 0.270 e. The highest BCUT2D eigenvalue weighted by molar-refractivity contribution is 9.10. The molecule has 1 N–H and O–H groups in total. The number of hydrogen-bond acceptors (Lipinski definition) is 4. The number of amides is 1. The van der Waals surface area contributed by atoms with Crippen LogP contribution in [-0.4, -0.2) is 54.7 Å². The number of sulfonamides is 1. The molecule has 1 amide bonds. The van der Waals surface area contributed by atoms with Crippen molar-refractivity contribution in [2.24, 2.45) is 0 Å². The number of carbonyl (C=O) groups is 1. The van der Waals surface area contributed by atoms with E-state index in [9.17, 15) is 13.2 Å². The van der Waals surface area contributed by atoms with Crippen LogP contribution in [-0.2, 0) is 10.0 Å². The average Bonchev–Trinajstić information content (AvgIpc) is 3.07. The van der Waals surface area contributed by atoms with Crippen LogP contribution >= 0.6 is 15.9 Å². The van der Waals surface area contributed by atoms with Gasteiger partial charge in [0.15, 0.2) is 0 Å². The summed E-state index contributed by atoms with van der Waals surface area (Å²) in [5, 5.41) is 9.13. The molecule has 0 spiro atoms. The minimum atomic E-state index is -3.76. The molecule has 0 aliphatic carbocycles. The number of nitrogens with zero attached hydrogens (tertiary/aromatic N) is 3. The predicted molar refractivity (Wildman–Crippen MR) is 94.3 cm³/mol. The summed E-state index contributed by atoms with van der Waals surface area (Å²) < 4.78 is 27.7. The van der Waals surface area contributed by atoms with E-state index < -0.39 is 10.0 Å². The normalized spacial score (nSPS) is 15.8. The van der Waals surface area contributed by atoms with Crippen molar-refractivity contribution in [3.05, 3.63) is 52.3 Å². The fourth-order valence-corrected chi connectivity index (χ4v) is 4.62. The first-order chi connectivity index (χ1) is 11.9. The van der Waals surface area contributed by atoms with Crippen molar-refractivity contribution in [3.63, 3.8) is 0 Å². The number of nitriles is 1. The molecule has 2 aromatic rings. The summed E-state index contributed by atoms with van der Waals surface area (Å²) in [5.74, 6) is -0.167. The van der Waals surface area contributed by atoms with Crippen molar-refractivity contribution in [2.45, 2.75) is 4.90 Å². The lowest BCUT2D eigenvalue weighted by Gasteiger charge is -2.33. The third-order valence-corrected chi connectivity index (χ3v) is 6.44. The number of aromatic nitrogens is 1. The highest BCUT2D eigenvalue weighted by Crippen LogP contribution is 2.21. The number of H-pyrrole nitrogens is 1. The van der Waals surface area contributed by atoms with Crippen molar-refractivity contribution in [3.8, 4) is 6.07 Å². The Kier molecular flexibility index (Phi) is 4.94. The molecular formula is C16H15BrN4O3S. The van der Waals surface area contributed by atoms with Crippen molar-refractivity contribution < 1.29 is 13.2 Å². The maximum atomic E-state index is 12.8. The Labute approximate surface area is 154 Å². The minimum Gasteiger partial charge on any atom is -0.356 e. The Hall–Kier alpha value is -2.15. The third kappa shape index (κ3) is 3.46. The molecule has 1 aliphatic rings. The average molecular weight is 423 g/mol. The highest BCUT2D eigenvalue weighted by Gasteiger charge is 2.32. The van der Waals surface area contributed by atoms with Gasteiger partial charge in [0, 0.05) is 36.8 Å². The Morgan fingerprint density at radius 1 is 1.20 bits per heavy atom. The fraction of sp³-hybridized carbons (Fsp3) is 0.250. The molecule has 0 saturated carbocycles. The van der Waals surface area contributed by atoms with Crippen LogP contribution < -0.4 is 0 Å². The zero-order chi connectivity index (χ0) is 18.0. The first-order valence-electron chi connectivity index (χ1n) is 7.56. The summed E-state index contributed by atoms with van der Waals surface area (Å²) in [4.78, 5) is 16.9. The number of rotatable bonds is 3. The summed E-state index contributed by atoms with van der Waals surface area (Å²) in [6, 6.07) is 9.74. The molecule has 7 nitrogen and oxygen atoms in total. The molecule has 2 heterocycles. The summed E-state index contributed by atoms with van der Waals surface area (Å²) in [5.41, 5.74) is 0.579. The van der Waals surface area contributed by atoms with Gasteiger partial charge in [-0.05, 0) is 34.1 Å². The van der Waals surface area contributed by atoms with Crippen LogP contribution in [0.15, 0.2) is 45.9 Å². The zero-order valence-electron chi connectivity index (χ0n) is 13.1. The molecule has 25 heavy (non-hydrogen) atoms. The van der Waals surface area contributed by atoms with E-state index >= 15 is 0 Å². The number of halogens is 1. The van der Waals surface area contributed by atoms with Gasteiger partial charge >= 0.3 is 0 Å². The summed E-state index contributed by atoms with van der Waals surface area (Å²) in [6.07, 6.45) is 1.67. The lowest BCUT2D eigenvalue weighted by Crippen LogP contribution is -2.50. The maximum Gasteiger partial charge on any atom is 0.270 e.